The number of ether oxygens (including phenoxy) is 1. The first-order valence-corrected chi connectivity index (χ1v) is 9.10. The topological polar surface area (TPSA) is 123 Å². The van der Waals surface area contributed by atoms with Gasteiger partial charge in [-0.05, 0) is 26.0 Å². The summed E-state index contributed by atoms with van der Waals surface area (Å²) >= 11 is 12.4. The van der Waals surface area contributed by atoms with Gasteiger partial charge in [-0.25, -0.2) is 9.18 Å². The molecule has 0 fully saturated rings. The molecule has 0 bridgehead atoms. The number of halogens is 3. The summed E-state index contributed by atoms with van der Waals surface area (Å²) in [5, 5.41) is 12.4. The van der Waals surface area contributed by atoms with Gasteiger partial charge in [-0.15, -0.1) is 5.10 Å². The van der Waals surface area contributed by atoms with E-state index in [1.54, 1.807) is 19.9 Å². The van der Waals surface area contributed by atoms with Crippen molar-refractivity contribution in [1.82, 2.24) is 19.3 Å². The van der Waals surface area contributed by atoms with Crippen LogP contribution in [0.25, 0.3) is 5.69 Å². The molecule has 154 valence electrons. The summed E-state index contributed by atoms with van der Waals surface area (Å²) in [6.07, 6.45) is 1.31. The van der Waals surface area contributed by atoms with Crippen molar-refractivity contribution in [2.45, 2.75) is 19.9 Å². The number of hydrogen-bond acceptors (Lipinski definition) is 6. The predicted octanol–water partition coefficient (Wildman–Crippen LogP) is 2.77. The van der Waals surface area contributed by atoms with Gasteiger partial charge in [-0.3, -0.25) is 14.6 Å². The molecule has 0 unspecified atom stereocenters. The minimum Gasteiger partial charge on any atom is -0.453 e. The lowest BCUT2D eigenvalue weighted by Crippen LogP contribution is -2.33. The second kappa shape index (κ2) is 8.14. The standard InChI is InChI=1S/C18H12Cl2FN5O4/c1-8(2)25-7-10(5-13(21)17(25)28)30-15-11(19)3-9(4-12(15)20)26-18(29)23-16(27)14(6-22)24-26/h3-5,7-8H,1-2H3,(H,23,27,29). The lowest BCUT2D eigenvalue weighted by Gasteiger charge is -2.15. The molecule has 0 aliphatic heterocycles. The maximum atomic E-state index is 14.0. The van der Waals surface area contributed by atoms with Gasteiger partial charge in [0.1, 0.15) is 11.8 Å². The van der Waals surface area contributed by atoms with E-state index in [-0.39, 0.29) is 33.3 Å². The Hall–Kier alpha value is -3.42. The SMILES string of the molecule is CC(C)n1cc(Oc2c(Cl)cc(-n3nc(C#N)c(=O)[nH]c3=O)cc2Cl)cc(F)c1=O. The third-order valence-corrected chi connectivity index (χ3v) is 4.47. The van der Waals surface area contributed by atoms with Gasteiger partial charge < -0.3 is 9.30 Å². The van der Waals surface area contributed by atoms with E-state index >= 15 is 0 Å². The van der Waals surface area contributed by atoms with Gasteiger partial charge in [0.2, 0.25) is 5.69 Å². The zero-order valence-electron chi connectivity index (χ0n) is 15.4. The Morgan fingerprint density at radius 1 is 1.20 bits per heavy atom. The number of H-pyrrole nitrogens is 1. The molecule has 0 spiro atoms. The lowest BCUT2D eigenvalue weighted by atomic mass is 10.3. The van der Waals surface area contributed by atoms with Gasteiger partial charge in [-0.1, -0.05) is 23.2 Å². The van der Waals surface area contributed by atoms with Crippen LogP contribution in [0.4, 0.5) is 4.39 Å². The van der Waals surface area contributed by atoms with E-state index in [2.05, 4.69) is 5.10 Å². The number of nitriles is 1. The van der Waals surface area contributed by atoms with Crippen LogP contribution in [-0.4, -0.2) is 19.3 Å². The predicted molar refractivity (Wildman–Crippen MR) is 106 cm³/mol. The maximum absolute atomic E-state index is 14.0. The number of aromatic nitrogens is 4. The van der Waals surface area contributed by atoms with E-state index < -0.39 is 28.3 Å². The molecule has 12 heteroatoms. The maximum Gasteiger partial charge on any atom is 0.349 e. The second-order valence-corrected chi connectivity index (χ2v) is 7.12. The number of rotatable bonds is 4. The van der Waals surface area contributed by atoms with E-state index in [0.29, 0.717) is 0 Å². The first-order chi connectivity index (χ1) is 14.1. The van der Waals surface area contributed by atoms with Gasteiger partial charge in [0, 0.05) is 12.1 Å². The van der Waals surface area contributed by atoms with Crippen molar-refractivity contribution in [3.63, 3.8) is 0 Å². The third-order valence-electron chi connectivity index (χ3n) is 3.91. The molecule has 0 atom stereocenters. The molecule has 0 amide bonds. The zero-order chi connectivity index (χ0) is 22.2. The normalized spacial score (nSPS) is 10.8. The summed E-state index contributed by atoms with van der Waals surface area (Å²) in [5.74, 6) is -1.10. The van der Waals surface area contributed by atoms with Crippen LogP contribution in [0.2, 0.25) is 10.0 Å². The molecular formula is C18H12Cl2FN5O4. The average molecular weight is 452 g/mol. The summed E-state index contributed by atoms with van der Waals surface area (Å²) in [6.45, 7) is 3.40. The molecule has 2 aromatic heterocycles. The van der Waals surface area contributed by atoms with E-state index in [0.717, 1.165) is 15.3 Å². The van der Waals surface area contributed by atoms with Gasteiger partial charge >= 0.3 is 5.69 Å². The number of nitrogens with zero attached hydrogens (tertiary/aromatic N) is 4. The van der Waals surface area contributed by atoms with Crippen molar-refractivity contribution in [3.8, 4) is 23.3 Å². The minimum absolute atomic E-state index is 0.0246. The highest BCUT2D eigenvalue weighted by Crippen LogP contribution is 2.38. The molecule has 0 aliphatic carbocycles. The Labute approximate surface area is 177 Å². The Morgan fingerprint density at radius 3 is 2.40 bits per heavy atom. The van der Waals surface area contributed by atoms with Crippen molar-refractivity contribution in [2.24, 2.45) is 0 Å². The van der Waals surface area contributed by atoms with Crippen LogP contribution in [0.15, 0.2) is 38.8 Å². The molecule has 0 aliphatic rings. The highest BCUT2D eigenvalue weighted by Gasteiger charge is 2.17. The molecule has 0 saturated heterocycles. The van der Waals surface area contributed by atoms with Crippen molar-refractivity contribution in [1.29, 1.82) is 5.26 Å². The molecule has 1 aromatic carbocycles. The van der Waals surface area contributed by atoms with Crippen molar-refractivity contribution in [2.75, 3.05) is 0 Å². The minimum atomic E-state index is -1.02. The zero-order valence-corrected chi connectivity index (χ0v) is 17.0. The molecule has 3 aromatic rings. The van der Waals surface area contributed by atoms with Gasteiger partial charge in [-0.2, -0.15) is 9.94 Å². The van der Waals surface area contributed by atoms with Crippen LogP contribution in [0.1, 0.15) is 25.6 Å². The van der Waals surface area contributed by atoms with E-state index in [9.17, 15) is 18.8 Å². The highest BCUT2D eigenvalue weighted by molar-refractivity contribution is 6.37. The number of nitrogens with one attached hydrogen (secondary N) is 1. The van der Waals surface area contributed by atoms with Crippen LogP contribution in [0, 0.1) is 17.1 Å². The Balaban J connectivity index is 2.08. The lowest BCUT2D eigenvalue weighted by molar-refractivity contribution is 0.449. The Morgan fingerprint density at radius 2 is 1.83 bits per heavy atom. The largest absolute Gasteiger partial charge is 0.453 e. The fourth-order valence-corrected chi connectivity index (χ4v) is 3.07. The molecule has 9 nitrogen and oxygen atoms in total. The van der Waals surface area contributed by atoms with Crippen LogP contribution < -0.4 is 21.5 Å². The fourth-order valence-electron chi connectivity index (χ4n) is 2.51. The number of aromatic amines is 1. The van der Waals surface area contributed by atoms with E-state index in [1.807, 2.05) is 4.98 Å². The van der Waals surface area contributed by atoms with Crippen LogP contribution >= 0.6 is 23.2 Å². The van der Waals surface area contributed by atoms with E-state index in [1.165, 1.54) is 18.3 Å². The molecule has 3 rings (SSSR count). The third kappa shape index (κ3) is 3.98. The average Bonchev–Trinajstić information content (AvgIpc) is 2.67. The molecular weight excluding hydrogens is 440 g/mol. The van der Waals surface area contributed by atoms with Gasteiger partial charge in [0.15, 0.2) is 11.6 Å². The summed E-state index contributed by atoms with van der Waals surface area (Å²) < 4.78 is 21.4. The Bertz CT molecular complexity index is 1350. The van der Waals surface area contributed by atoms with Crippen molar-refractivity contribution >= 4 is 23.2 Å². The fraction of sp³-hybridized carbons (Fsp3) is 0.167. The highest BCUT2D eigenvalue weighted by atomic mass is 35.5. The van der Waals surface area contributed by atoms with Crippen LogP contribution in [-0.2, 0) is 0 Å². The van der Waals surface area contributed by atoms with Crippen LogP contribution in [0.3, 0.4) is 0 Å². The smallest absolute Gasteiger partial charge is 0.349 e. The molecule has 0 radical (unpaired) electrons. The number of pyridine rings is 1. The summed E-state index contributed by atoms with van der Waals surface area (Å²) in [6, 6.07) is 4.65. The molecule has 2 heterocycles. The van der Waals surface area contributed by atoms with Gasteiger partial charge in [0.25, 0.3) is 11.1 Å². The summed E-state index contributed by atoms with van der Waals surface area (Å²) in [4.78, 5) is 37.3. The summed E-state index contributed by atoms with van der Waals surface area (Å²) in [5.41, 5.74) is -3.13. The summed E-state index contributed by atoms with van der Waals surface area (Å²) in [7, 11) is 0. The first kappa shape index (κ1) is 21.3. The van der Waals surface area contributed by atoms with Crippen molar-refractivity contribution < 1.29 is 9.13 Å². The number of hydrogen-bond donors (Lipinski definition) is 1. The van der Waals surface area contributed by atoms with Crippen LogP contribution in [0.5, 0.6) is 11.5 Å². The first-order valence-electron chi connectivity index (χ1n) is 8.35. The quantitative estimate of drug-likeness (QED) is 0.650. The van der Waals surface area contributed by atoms with Gasteiger partial charge in [0.05, 0.1) is 21.9 Å². The van der Waals surface area contributed by atoms with E-state index in [4.69, 9.17) is 33.2 Å². The monoisotopic (exact) mass is 451 g/mol. The molecule has 30 heavy (non-hydrogen) atoms. The Kier molecular flexibility index (Phi) is 5.78. The molecule has 0 saturated carbocycles. The molecule has 1 N–H and O–H groups in total. The van der Waals surface area contributed by atoms with Crippen molar-refractivity contribution in [3.05, 3.63) is 77.1 Å². The number of benzene rings is 1. The second-order valence-electron chi connectivity index (χ2n) is 6.30.